The second-order valence-corrected chi connectivity index (χ2v) is 12.4. The third kappa shape index (κ3) is 7.57. The zero-order valence-electron chi connectivity index (χ0n) is 18.9. The van der Waals surface area contributed by atoms with E-state index in [0.717, 1.165) is 43.9 Å². The van der Waals surface area contributed by atoms with E-state index in [1.807, 2.05) is 24.3 Å². The summed E-state index contributed by atoms with van der Waals surface area (Å²) in [6.07, 6.45) is 3.53. The Morgan fingerprint density at radius 3 is 2.06 bits per heavy atom. The number of ether oxygens (including phenoxy) is 2. The van der Waals surface area contributed by atoms with Crippen molar-refractivity contribution in [1.82, 2.24) is 0 Å². The third-order valence-electron chi connectivity index (χ3n) is 6.20. The lowest BCUT2D eigenvalue weighted by atomic mass is 9.74. The summed E-state index contributed by atoms with van der Waals surface area (Å²) in [5, 5.41) is 0. The number of ketones is 2. The summed E-state index contributed by atoms with van der Waals surface area (Å²) in [5.41, 5.74) is 4.58. The lowest BCUT2D eigenvalue weighted by molar-refractivity contribution is -0.126. The summed E-state index contributed by atoms with van der Waals surface area (Å²) in [4.78, 5) is 23.2. The fourth-order valence-corrected chi connectivity index (χ4v) is 6.01. The molecule has 1 aliphatic heterocycles. The van der Waals surface area contributed by atoms with Gasteiger partial charge >= 0.3 is 0 Å². The van der Waals surface area contributed by atoms with Gasteiger partial charge in [0.05, 0.1) is 18.6 Å². The highest BCUT2D eigenvalue weighted by Crippen LogP contribution is 2.44. The van der Waals surface area contributed by atoms with Crippen LogP contribution < -0.4 is 0 Å². The van der Waals surface area contributed by atoms with Crippen LogP contribution in [-0.4, -0.2) is 46.8 Å². The number of alkyl halides is 2. The van der Waals surface area contributed by atoms with Crippen LogP contribution in [0.1, 0.15) is 35.1 Å². The Hall–Kier alpha value is 0.120. The highest BCUT2D eigenvalue weighted by Gasteiger charge is 2.46. The first kappa shape index (κ1) is 28.7. The molecule has 4 nitrogen and oxygen atoms in total. The first-order valence-corrected chi connectivity index (χ1v) is 15.9. The van der Waals surface area contributed by atoms with E-state index in [1.54, 1.807) is 0 Å². The molecule has 1 spiro atoms. The predicted molar refractivity (Wildman–Crippen MR) is 160 cm³/mol. The second kappa shape index (κ2) is 14.2. The topological polar surface area (TPSA) is 52.6 Å². The molecule has 0 saturated carbocycles. The van der Waals surface area contributed by atoms with Crippen LogP contribution in [0.25, 0.3) is 0 Å². The lowest BCUT2D eigenvalue weighted by Crippen LogP contribution is -2.38. The Kier molecular flexibility index (Phi) is 11.9. The molecule has 2 aliphatic carbocycles. The van der Waals surface area contributed by atoms with Gasteiger partial charge in [0.1, 0.15) is 11.6 Å². The van der Waals surface area contributed by atoms with Crippen LogP contribution >= 0.6 is 77.0 Å². The van der Waals surface area contributed by atoms with E-state index in [1.165, 1.54) is 22.3 Å². The van der Waals surface area contributed by atoms with Crippen molar-refractivity contribution in [3.05, 3.63) is 67.6 Å². The standard InChI is InChI=1S/C13H13BrO2.C9H7BrO.C4H8I2O/c14-10-1-2-11-9(7-10)8-12(15)13(11)3-5-16-6-4-13;10-8-2-1-6-4-9(11)5-7(6)3-8;5-1-3-7-4-2-6/h1-2,7H,3-6,8H2;1-3H,4-5H2;1-4H2. The Bertz CT molecular complexity index is 1000. The fraction of sp³-hybridized carbons (Fsp3) is 0.462. The molecular weight excluding hydrogens is 790 g/mol. The van der Waals surface area contributed by atoms with Crippen LogP contribution in [0, 0.1) is 0 Å². The highest BCUT2D eigenvalue weighted by molar-refractivity contribution is 14.1. The van der Waals surface area contributed by atoms with E-state index in [-0.39, 0.29) is 5.41 Å². The fourth-order valence-electron chi connectivity index (χ4n) is 4.57. The Morgan fingerprint density at radius 2 is 1.41 bits per heavy atom. The lowest BCUT2D eigenvalue weighted by Gasteiger charge is -2.32. The van der Waals surface area contributed by atoms with Crippen molar-refractivity contribution in [2.24, 2.45) is 0 Å². The highest BCUT2D eigenvalue weighted by atomic mass is 127. The number of carbonyl (C=O) groups is 2. The van der Waals surface area contributed by atoms with Crippen LogP contribution in [0.2, 0.25) is 0 Å². The van der Waals surface area contributed by atoms with Crippen molar-refractivity contribution < 1.29 is 19.1 Å². The van der Waals surface area contributed by atoms with Gasteiger partial charge in [0.25, 0.3) is 0 Å². The molecule has 2 aromatic rings. The third-order valence-corrected chi connectivity index (χ3v) is 8.07. The molecule has 0 aromatic heterocycles. The maximum atomic E-state index is 12.2. The maximum Gasteiger partial charge on any atom is 0.147 e. The molecule has 8 heteroatoms. The number of hydrogen-bond donors (Lipinski definition) is 0. The molecular formula is C26H28Br2I2O4. The van der Waals surface area contributed by atoms with Crippen LogP contribution in [0.3, 0.4) is 0 Å². The number of benzene rings is 2. The molecule has 0 amide bonds. The molecule has 0 radical (unpaired) electrons. The minimum absolute atomic E-state index is 0.228. The molecule has 1 heterocycles. The van der Waals surface area contributed by atoms with Gasteiger partial charge in [-0.1, -0.05) is 89.2 Å². The zero-order valence-corrected chi connectivity index (χ0v) is 26.4. The number of Topliss-reactive ketones (excluding diaryl/α,β-unsaturated/α-hetero) is 2. The number of hydrogen-bond acceptors (Lipinski definition) is 4. The number of rotatable bonds is 4. The molecule has 1 fully saturated rings. The summed E-state index contributed by atoms with van der Waals surface area (Å²) < 4.78 is 14.8. The smallest absolute Gasteiger partial charge is 0.147 e. The van der Waals surface area contributed by atoms with Crippen molar-refractivity contribution in [1.29, 1.82) is 0 Å². The van der Waals surface area contributed by atoms with Gasteiger partial charge in [-0.15, -0.1) is 0 Å². The van der Waals surface area contributed by atoms with Crippen LogP contribution in [0.15, 0.2) is 45.3 Å². The Balaban J connectivity index is 0.000000157. The average molecular weight is 818 g/mol. The molecule has 5 rings (SSSR count). The van der Waals surface area contributed by atoms with Gasteiger partial charge in [0.15, 0.2) is 0 Å². The van der Waals surface area contributed by atoms with Gasteiger partial charge in [0.2, 0.25) is 0 Å². The van der Waals surface area contributed by atoms with Crippen molar-refractivity contribution in [3.63, 3.8) is 0 Å². The quantitative estimate of drug-likeness (QED) is 0.198. The minimum atomic E-state index is -0.228. The monoisotopic (exact) mass is 816 g/mol. The Morgan fingerprint density at radius 1 is 0.824 bits per heavy atom. The summed E-state index contributed by atoms with van der Waals surface area (Å²) in [5.74, 6) is 0.710. The van der Waals surface area contributed by atoms with Crippen molar-refractivity contribution in [2.45, 2.75) is 37.5 Å². The normalized spacial score (nSPS) is 17.4. The average Bonchev–Trinajstić information content (AvgIpc) is 3.31. The molecule has 0 atom stereocenters. The number of halogens is 4. The summed E-state index contributed by atoms with van der Waals surface area (Å²) in [7, 11) is 0. The van der Waals surface area contributed by atoms with E-state index in [2.05, 4.69) is 89.2 Å². The Labute approximate surface area is 245 Å². The summed E-state index contributed by atoms with van der Waals surface area (Å²) in [6, 6.07) is 12.3. The van der Waals surface area contributed by atoms with E-state index in [9.17, 15) is 9.59 Å². The van der Waals surface area contributed by atoms with Crippen molar-refractivity contribution >= 4 is 88.6 Å². The molecule has 34 heavy (non-hydrogen) atoms. The molecule has 184 valence electrons. The summed E-state index contributed by atoms with van der Waals surface area (Å²) in [6.45, 7) is 3.23. The van der Waals surface area contributed by atoms with E-state index >= 15 is 0 Å². The molecule has 1 saturated heterocycles. The van der Waals surface area contributed by atoms with Crippen molar-refractivity contribution in [2.75, 3.05) is 35.3 Å². The van der Waals surface area contributed by atoms with Crippen LogP contribution in [0.4, 0.5) is 0 Å². The SMILES string of the molecule is ICCOCCI.O=C1Cc2cc(Br)ccc2C12CCOCC2.O=C1Cc2ccc(Br)cc2C1. The van der Waals surface area contributed by atoms with Crippen LogP contribution in [-0.2, 0) is 43.7 Å². The largest absolute Gasteiger partial charge is 0.381 e. The first-order valence-electron chi connectivity index (χ1n) is 11.3. The minimum Gasteiger partial charge on any atom is -0.381 e. The molecule has 0 bridgehead atoms. The van der Waals surface area contributed by atoms with Gasteiger partial charge in [-0.3, -0.25) is 9.59 Å². The van der Waals surface area contributed by atoms with Gasteiger partial charge in [-0.25, -0.2) is 0 Å². The first-order chi connectivity index (χ1) is 16.4. The predicted octanol–water partition coefficient (Wildman–Crippen LogP) is 6.61. The molecule has 0 unspecified atom stereocenters. The molecule has 2 aromatic carbocycles. The van der Waals surface area contributed by atoms with Gasteiger partial charge in [-0.05, 0) is 59.4 Å². The van der Waals surface area contributed by atoms with E-state index in [0.29, 0.717) is 44.0 Å². The maximum absolute atomic E-state index is 12.2. The van der Waals surface area contributed by atoms with E-state index < -0.39 is 0 Å². The summed E-state index contributed by atoms with van der Waals surface area (Å²) >= 11 is 11.4. The van der Waals surface area contributed by atoms with Crippen molar-refractivity contribution in [3.8, 4) is 0 Å². The molecule has 0 N–H and O–H groups in total. The van der Waals surface area contributed by atoms with Gasteiger partial charge < -0.3 is 9.47 Å². The molecule has 3 aliphatic rings. The van der Waals surface area contributed by atoms with Gasteiger partial charge in [0, 0.05) is 50.3 Å². The number of fused-ring (bicyclic) bond motifs is 3. The zero-order chi connectivity index (χ0) is 24.6. The van der Waals surface area contributed by atoms with Crippen LogP contribution in [0.5, 0.6) is 0 Å². The second-order valence-electron chi connectivity index (χ2n) is 8.39. The van der Waals surface area contributed by atoms with E-state index in [4.69, 9.17) is 9.47 Å². The van der Waals surface area contributed by atoms with Gasteiger partial charge in [-0.2, -0.15) is 0 Å². The number of carbonyl (C=O) groups excluding carboxylic acids is 2.